The number of nitrogens with zero attached hydrogens (tertiary/aromatic N) is 2. The maximum absolute atomic E-state index is 13.5. The van der Waals surface area contributed by atoms with E-state index in [0.29, 0.717) is 11.3 Å². The maximum Gasteiger partial charge on any atom is 0.257 e. The summed E-state index contributed by atoms with van der Waals surface area (Å²) in [5.74, 6) is -0.464. The molecular formula is C21H19FN4O. The van der Waals surface area contributed by atoms with Gasteiger partial charge in [-0.05, 0) is 49.4 Å². The van der Waals surface area contributed by atoms with Gasteiger partial charge in [0.1, 0.15) is 5.82 Å². The van der Waals surface area contributed by atoms with E-state index in [4.69, 9.17) is 0 Å². The van der Waals surface area contributed by atoms with Crippen molar-refractivity contribution in [2.45, 2.75) is 13.5 Å². The number of hydrogen-bond acceptors (Lipinski definition) is 3. The first kappa shape index (κ1) is 18.3. The summed E-state index contributed by atoms with van der Waals surface area (Å²) < 4.78 is 13.5. The first-order valence-electron chi connectivity index (χ1n) is 8.45. The normalized spacial score (nSPS) is 11.1. The highest BCUT2D eigenvalue weighted by atomic mass is 19.1. The van der Waals surface area contributed by atoms with Crippen LogP contribution in [0.5, 0.6) is 0 Å². The summed E-state index contributed by atoms with van der Waals surface area (Å²) in [7, 11) is 0. The Hall–Kier alpha value is -3.54. The number of nitrogens with one attached hydrogen (secondary N) is 2. The second-order valence-electron chi connectivity index (χ2n) is 5.94. The van der Waals surface area contributed by atoms with Crippen LogP contribution in [0.4, 0.5) is 10.1 Å². The zero-order chi connectivity index (χ0) is 19.1. The molecule has 0 atom stereocenters. The van der Waals surface area contributed by atoms with Crippen LogP contribution in [-0.4, -0.2) is 16.9 Å². The summed E-state index contributed by atoms with van der Waals surface area (Å²) >= 11 is 0. The fourth-order valence-electron chi connectivity index (χ4n) is 2.43. The number of benzene rings is 2. The van der Waals surface area contributed by atoms with Crippen molar-refractivity contribution in [3.63, 3.8) is 0 Å². The molecule has 136 valence electrons. The lowest BCUT2D eigenvalue weighted by Crippen LogP contribution is -2.36. The van der Waals surface area contributed by atoms with Crippen LogP contribution in [0.2, 0.25) is 0 Å². The van der Waals surface area contributed by atoms with E-state index in [1.54, 1.807) is 30.5 Å². The molecule has 27 heavy (non-hydrogen) atoms. The number of halogens is 1. The van der Waals surface area contributed by atoms with E-state index in [1.165, 1.54) is 12.1 Å². The van der Waals surface area contributed by atoms with Crippen LogP contribution in [0.1, 0.15) is 21.6 Å². The van der Waals surface area contributed by atoms with Gasteiger partial charge in [-0.2, -0.15) is 0 Å². The minimum Gasteiger partial charge on any atom is -0.326 e. The van der Waals surface area contributed by atoms with Gasteiger partial charge in [0, 0.05) is 17.4 Å². The highest BCUT2D eigenvalue weighted by Crippen LogP contribution is 2.10. The van der Waals surface area contributed by atoms with Crippen LogP contribution in [0.3, 0.4) is 0 Å². The Morgan fingerprint density at radius 3 is 2.67 bits per heavy atom. The summed E-state index contributed by atoms with van der Waals surface area (Å²) in [6.07, 6.45) is 1.68. The zero-order valence-corrected chi connectivity index (χ0v) is 14.8. The molecule has 2 aromatic carbocycles. The van der Waals surface area contributed by atoms with Crippen LogP contribution in [-0.2, 0) is 6.54 Å². The number of pyridine rings is 1. The molecule has 1 amide bonds. The van der Waals surface area contributed by atoms with E-state index in [2.05, 4.69) is 20.6 Å². The predicted octanol–water partition coefficient (Wildman–Crippen LogP) is 3.93. The van der Waals surface area contributed by atoms with E-state index in [1.807, 2.05) is 37.3 Å². The Kier molecular flexibility index (Phi) is 5.89. The minimum atomic E-state index is -0.380. The Bertz CT molecular complexity index is 957. The molecule has 0 aliphatic carbocycles. The van der Waals surface area contributed by atoms with Gasteiger partial charge >= 0.3 is 0 Å². The number of anilines is 1. The summed E-state index contributed by atoms with van der Waals surface area (Å²) in [5, 5.41) is 5.70. The molecule has 0 fully saturated rings. The maximum atomic E-state index is 13.5. The molecular weight excluding hydrogens is 343 g/mol. The molecule has 3 aromatic rings. The Balaban J connectivity index is 1.81. The van der Waals surface area contributed by atoms with Crippen molar-refractivity contribution in [2.75, 3.05) is 5.32 Å². The van der Waals surface area contributed by atoms with Gasteiger partial charge in [-0.1, -0.05) is 29.8 Å². The number of carbonyl (C=O) groups is 1. The highest BCUT2D eigenvalue weighted by molar-refractivity contribution is 6.10. The molecule has 6 heteroatoms. The van der Waals surface area contributed by atoms with Gasteiger partial charge < -0.3 is 5.32 Å². The number of aromatic nitrogens is 1. The molecule has 3 rings (SSSR count). The van der Waals surface area contributed by atoms with Crippen molar-refractivity contribution in [3.8, 4) is 0 Å². The van der Waals surface area contributed by atoms with Crippen molar-refractivity contribution in [1.82, 2.24) is 10.3 Å². The standard InChI is InChI=1S/C21H19FN4O/c1-15-6-4-7-16(12-15)20(27)26-21(24-14-19-9-2-3-11-23-19)25-18-10-5-8-17(22)13-18/h2-13H,14H2,1H3,(H2,24,25,26,27). The van der Waals surface area contributed by atoms with Gasteiger partial charge in [-0.15, -0.1) is 0 Å². The average molecular weight is 362 g/mol. The summed E-state index contributed by atoms with van der Waals surface area (Å²) in [6.45, 7) is 2.18. The molecule has 0 bridgehead atoms. The average Bonchev–Trinajstić information content (AvgIpc) is 2.67. The predicted molar refractivity (Wildman–Crippen MR) is 104 cm³/mol. The summed E-state index contributed by atoms with van der Waals surface area (Å²) in [4.78, 5) is 21.2. The number of guanidine groups is 1. The van der Waals surface area contributed by atoms with E-state index in [0.717, 1.165) is 11.3 Å². The van der Waals surface area contributed by atoms with E-state index in [9.17, 15) is 9.18 Å². The first-order chi connectivity index (χ1) is 13.1. The first-order valence-corrected chi connectivity index (χ1v) is 8.45. The fourth-order valence-corrected chi connectivity index (χ4v) is 2.43. The Labute approximate surface area is 157 Å². The molecule has 0 aliphatic heterocycles. The van der Waals surface area contributed by atoms with Gasteiger partial charge in [0.15, 0.2) is 0 Å². The van der Waals surface area contributed by atoms with Crippen LogP contribution < -0.4 is 10.6 Å². The van der Waals surface area contributed by atoms with Crippen molar-refractivity contribution in [3.05, 3.63) is 95.6 Å². The molecule has 2 N–H and O–H groups in total. The minimum absolute atomic E-state index is 0.220. The molecule has 0 saturated carbocycles. The second-order valence-corrected chi connectivity index (χ2v) is 5.94. The second kappa shape index (κ2) is 8.71. The third-order valence-corrected chi connectivity index (χ3v) is 3.72. The fraction of sp³-hybridized carbons (Fsp3) is 0.0952. The number of aryl methyl sites for hydroxylation is 1. The Morgan fingerprint density at radius 1 is 1.07 bits per heavy atom. The Morgan fingerprint density at radius 2 is 1.93 bits per heavy atom. The van der Waals surface area contributed by atoms with Crippen molar-refractivity contribution in [1.29, 1.82) is 0 Å². The smallest absolute Gasteiger partial charge is 0.257 e. The largest absolute Gasteiger partial charge is 0.326 e. The van der Waals surface area contributed by atoms with E-state index in [-0.39, 0.29) is 24.2 Å². The topological polar surface area (TPSA) is 66.4 Å². The summed E-state index contributed by atoms with van der Waals surface area (Å²) in [6, 6.07) is 18.7. The third kappa shape index (κ3) is 5.47. The number of amides is 1. The van der Waals surface area contributed by atoms with E-state index < -0.39 is 0 Å². The monoisotopic (exact) mass is 362 g/mol. The zero-order valence-electron chi connectivity index (χ0n) is 14.8. The summed E-state index contributed by atoms with van der Waals surface area (Å²) in [5.41, 5.74) is 2.73. The quantitative estimate of drug-likeness (QED) is 0.546. The molecule has 0 spiro atoms. The molecule has 1 heterocycles. The molecule has 0 radical (unpaired) electrons. The van der Waals surface area contributed by atoms with Crippen LogP contribution in [0.15, 0.2) is 77.9 Å². The van der Waals surface area contributed by atoms with Crippen molar-refractivity contribution < 1.29 is 9.18 Å². The van der Waals surface area contributed by atoms with Crippen LogP contribution >= 0.6 is 0 Å². The number of rotatable bonds is 4. The lowest BCUT2D eigenvalue weighted by atomic mass is 10.1. The molecule has 0 saturated heterocycles. The number of carbonyl (C=O) groups excluding carboxylic acids is 1. The SMILES string of the molecule is Cc1cccc(C(=O)NC(=NCc2ccccn2)Nc2cccc(F)c2)c1. The van der Waals surface area contributed by atoms with Crippen LogP contribution in [0.25, 0.3) is 0 Å². The highest BCUT2D eigenvalue weighted by Gasteiger charge is 2.10. The van der Waals surface area contributed by atoms with Gasteiger partial charge in [-0.3, -0.25) is 15.1 Å². The van der Waals surface area contributed by atoms with Crippen LogP contribution in [0, 0.1) is 12.7 Å². The van der Waals surface area contributed by atoms with Crippen molar-refractivity contribution >= 4 is 17.6 Å². The lowest BCUT2D eigenvalue weighted by Gasteiger charge is -2.12. The van der Waals surface area contributed by atoms with Crippen molar-refractivity contribution in [2.24, 2.45) is 4.99 Å². The van der Waals surface area contributed by atoms with Gasteiger partial charge in [0.05, 0.1) is 12.2 Å². The molecule has 5 nitrogen and oxygen atoms in total. The molecule has 0 unspecified atom stereocenters. The third-order valence-electron chi connectivity index (χ3n) is 3.72. The van der Waals surface area contributed by atoms with Gasteiger partial charge in [0.25, 0.3) is 5.91 Å². The number of hydrogen-bond donors (Lipinski definition) is 2. The number of aliphatic imine (C=N–C) groups is 1. The molecule has 0 aliphatic rings. The molecule has 1 aromatic heterocycles. The van der Waals surface area contributed by atoms with Gasteiger partial charge in [-0.25, -0.2) is 9.38 Å². The van der Waals surface area contributed by atoms with E-state index >= 15 is 0 Å². The van der Waals surface area contributed by atoms with Gasteiger partial charge in [0.2, 0.25) is 5.96 Å². The lowest BCUT2D eigenvalue weighted by molar-refractivity contribution is 0.0977.